The molecule has 0 spiro atoms. The summed E-state index contributed by atoms with van der Waals surface area (Å²) in [5, 5.41) is 0. The lowest BCUT2D eigenvalue weighted by atomic mass is 10.1. The van der Waals surface area contributed by atoms with E-state index in [-0.39, 0.29) is 5.78 Å². The Bertz CT molecular complexity index is 131. The maximum absolute atomic E-state index is 10.4. The molecule has 0 fully saturated rings. The van der Waals surface area contributed by atoms with Gasteiger partial charge in [-0.1, -0.05) is 6.42 Å². The number of nitrogens with two attached hydrogens (primary N) is 1. The zero-order chi connectivity index (χ0) is 8.91. The number of carbonyl (C=O) groups excluding carboxylic acids is 1. The first-order chi connectivity index (χ1) is 4.92. The monoisotopic (exact) mass is 131 g/mol. The van der Waals surface area contributed by atoms with E-state index in [0.717, 1.165) is 6.42 Å². The Balaban J connectivity index is 3.22. The van der Waals surface area contributed by atoms with Gasteiger partial charge in [0.2, 0.25) is 0 Å². The van der Waals surface area contributed by atoms with Gasteiger partial charge in [-0.15, -0.1) is 0 Å². The van der Waals surface area contributed by atoms with Crippen LogP contribution in [-0.4, -0.2) is 12.3 Å². The first-order valence-electron chi connectivity index (χ1n) is 4.20. The van der Waals surface area contributed by atoms with Crippen molar-refractivity contribution in [2.45, 2.75) is 32.6 Å². The van der Waals surface area contributed by atoms with Crippen LogP contribution < -0.4 is 5.73 Å². The Morgan fingerprint density at radius 2 is 2.22 bits per heavy atom. The standard InChI is InChI=1S/C7H15NO/c1-7(9)5-3-2-4-6-8/h2-6,8H2,1H3/i6D2. The predicted molar refractivity (Wildman–Crippen MR) is 38.2 cm³/mol. The molecular formula is C7H15NO. The van der Waals surface area contributed by atoms with Gasteiger partial charge in [-0.05, 0) is 26.3 Å². The Morgan fingerprint density at radius 1 is 1.56 bits per heavy atom. The van der Waals surface area contributed by atoms with E-state index >= 15 is 0 Å². The molecule has 0 aliphatic carbocycles. The van der Waals surface area contributed by atoms with Crippen LogP contribution in [0.1, 0.15) is 35.3 Å². The van der Waals surface area contributed by atoms with Crippen molar-refractivity contribution in [3.8, 4) is 0 Å². The third-order valence-electron chi connectivity index (χ3n) is 1.10. The van der Waals surface area contributed by atoms with Crippen molar-refractivity contribution in [1.29, 1.82) is 0 Å². The van der Waals surface area contributed by atoms with Gasteiger partial charge in [0.05, 0.1) is 0 Å². The lowest BCUT2D eigenvalue weighted by molar-refractivity contribution is -0.117. The van der Waals surface area contributed by atoms with Crippen LogP contribution in [0, 0.1) is 0 Å². The van der Waals surface area contributed by atoms with Gasteiger partial charge >= 0.3 is 0 Å². The zero-order valence-corrected chi connectivity index (χ0v) is 5.81. The topological polar surface area (TPSA) is 43.1 Å². The number of Topliss-reactive ketones (excluding diaryl/α,β-unsaturated/α-hetero) is 1. The molecule has 0 atom stereocenters. The lowest BCUT2D eigenvalue weighted by Crippen LogP contribution is -1.98. The fourth-order valence-corrected chi connectivity index (χ4v) is 0.601. The third kappa shape index (κ3) is 7.63. The number of carbonyl (C=O) groups is 1. The molecule has 0 aromatic heterocycles. The smallest absolute Gasteiger partial charge is 0.129 e. The minimum atomic E-state index is -1.57. The zero-order valence-electron chi connectivity index (χ0n) is 7.81. The molecule has 0 amide bonds. The van der Waals surface area contributed by atoms with Crippen LogP contribution in [-0.2, 0) is 4.79 Å². The van der Waals surface area contributed by atoms with Crippen molar-refractivity contribution in [2.24, 2.45) is 5.73 Å². The summed E-state index contributed by atoms with van der Waals surface area (Å²) in [6.45, 7) is -0.0339. The maximum atomic E-state index is 10.4. The van der Waals surface area contributed by atoms with Gasteiger partial charge in [-0.2, -0.15) is 0 Å². The summed E-state index contributed by atoms with van der Waals surface area (Å²) < 4.78 is 14.0. The molecule has 0 bridgehead atoms. The van der Waals surface area contributed by atoms with E-state index in [4.69, 9.17) is 8.48 Å². The van der Waals surface area contributed by atoms with E-state index in [1.54, 1.807) is 0 Å². The molecule has 0 saturated carbocycles. The van der Waals surface area contributed by atoms with Crippen molar-refractivity contribution >= 4 is 5.78 Å². The van der Waals surface area contributed by atoms with E-state index in [0.29, 0.717) is 19.3 Å². The SMILES string of the molecule is [2H]C([2H])(N)CCCCC(C)=O. The molecule has 9 heavy (non-hydrogen) atoms. The first-order valence-corrected chi connectivity index (χ1v) is 3.20. The molecule has 0 unspecified atom stereocenters. The normalized spacial score (nSPS) is 14.4. The summed E-state index contributed by atoms with van der Waals surface area (Å²) in [5.41, 5.74) is 5.10. The van der Waals surface area contributed by atoms with Crippen molar-refractivity contribution in [2.75, 3.05) is 6.50 Å². The summed E-state index contributed by atoms with van der Waals surface area (Å²) in [6.07, 6.45) is 2.30. The molecule has 0 aromatic rings. The molecule has 0 rings (SSSR count). The number of hydrogen-bond acceptors (Lipinski definition) is 2. The molecule has 2 heteroatoms. The average molecular weight is 131 g/mol. The summed E-state index contributed by atoms with van der Waals surface area (Å²) in [6, 6.07) is 0. The van der Waals surface area contributed by atoms with Crippen molar-refractivity contribution in [3.05, 3.63) is 0 Å². The van der Waals surface area contributed by atoms with Crippen LogP contribution >= 0.6 is 0 Å². The van der Waals surface area contributed by atoms with Gasteiger partial charge in [0.15, 0.2) is 0 Å². The highest BCUT2D eigenvalue weighted by atomic mass is 16.1. The average Bonchev–Trinajstić information content (AvgIpc) is 1.78. The van der Waals surface area contributed by atoms with Gasteiger partial charge in [-0.3, -0.25) is 0 Å². The predicted octanol–water partition coefficient (Wildman–Crippen LogP) is 1.09. The minimum Gasteiger partial charge on any atom is -0.330 e. The molecule has 0 heterocycles. The van der Waals surface area contributed by atoms with Gasteiger partial charge < -0.3 is 10.5 Å². The molecule has 54 valence electrons. The first kappa shape index (κ1) is 5.42. The van der Waals surface area contributed by atoms with Crippen LogP contribution in [0.5, 0.6) is 0 Å². The van der Waals surface area contributed by atoms with Crippen molar-refractivity contribution < 1.29 is 7.54 Å². The van der Waals surface area contributed by atoms with Gasteiger partial charge in [0.1, 0.15) is 5.78 Å². The molecule has 2 N–H and O–H groups in total. The van der Waals surface area contributed by atoms with Crippen LogP contribution in [0.25, 0.3) is 0 Å². The highest BCUT2D eigenvalue weighted by Gasteiger charge is 1.91. The van der Waals surface area contributed by atoms with E-state index in [9.17, 15) is 4.79 Å². The quantitative estimate of drug-likeness (QED) is 0.568. The summed E-state index contributed by atoms with van der Waals surface area (Å²) in [4.78, 5) is 10.4. The number of hydrogen-bond donors (Lipinski definition) is 1. The number of ketones is 1. The van der Waals surface area contributed by atoms with Gasteiger partial charge in [-0.25, -0.2) is 0 Å². The number of rotatable bonds is 5. The van der Waals surface area contributed by atoms with Crippen molar-refractivity contribution in [1.82, 2.24) is 0 Å². The minimum absolute atomic E-state index is 0.155. The van der Waals surface area contributed by atoms with Crippen LogP contribution in [0.2, 0.25) is 0 Å². The van der Waals surface area contributed by atoms with Crippen LogP contribution in [0.4, 0.5) is 0 Å². The molecule has 0 aromatic carbocycles. The Kier molecular flexibility index (Phi) is 3.47. The second-order valence-corrected chi connectivity index (χ2v) is 2.11. The Morgan fingerprint density at radius 3 is 2.67 bits per heavy atom. The third-order valence-corrected chi connectivity index (χ3v) is 1.10. The fraction of sp³-hybridized carbons (Fsp3) is 0.857. The molecule has 0 radical (unpaired) electrons. The molecule has 0 aliphatic heterocycles. The van der Waals surface area contributed by atoms with E-state index < -0.39 is 6.50 Å². The summed E-state index contributed by atoms with van der Waals surface area (Å²) >= 11 is 0. The Hall–Kier alpha value is -0.370. The number of unbranched alkanes of at least 4 members (excludes halogenated alkanes) is 1. The Labute approximate surface area is 59.2 Å². The molecule has 0 aliphatic rings. The van der Waals surface area contributed by atoms with Crippen LogP contribution in [0.15, 0.2) is 0 Å². The van der Waals surface area contributed by atoms with Gasteiger partial charge in [0.25, 0.3) is 0 Å². The summed E-state index contributed by atoms with van der Waals surface area (Å²) in [7, 11) is 0. The lowest BCUT2D eigenvalue weighted by Gasteiger charge is -1.93. The highest BCUT2D eigenvalue weighted by Crippen LogP contribution is 1.98. The fourth-order valence-electron chi connectivity index (χ4n) is 0.601. The molecule has 2 nitrogen and oxygen atoms in total. The van der Waals surface area contributed by atoms with Crippen molar-refractivity contribution in [3.63, 3.8) is 0 Å². The van der Waals surface area contributed by atoms with E-state index in [2.05, 4.69) is 0 Å². The second kappa shape index (κ2) is 5.76. The van der Waals surface area contributed by atoms with E-state index in [1.807, 2.05) is 0 Å². The van der Waals surface area contributed by atoms with Gasteiger partial charge in [0, 0.05) is 9.16 Å². The molecular weight excluding hydrogens is 114 g/mol. The summed E-state index contributed by atoms with van der Waals surface area (Å²) in [5.74, 6) is 0.155. The maximum Gasteiger partial charge on any atom is 0.129 e. The largest absolute Gasteiger partial charge is 0.330 e. The second-order valence-electron chi connectivity index (χ2n) is 2.11. The van der Waals surface area contributed by atoms with E-state index in [1.165, 1.54) is 6.92 Å². The highest BCUT2D eigenvalue weighted by molar-refractivity contribution is 5.75. The van der Waals surface area contributed by atoms with Crippen LogP contribution in [0.3, 0.4) is 0 Å². The molecule has 0 saturated heterocycles.